The molecule has 3 N–H and O–H groups in total. The summed E-state index contributed by atoms with van der Waals surface area (Å²) in [7, 11) is 0. The van der Waals surface area contributed by atoms with Crippen LogP contribution >= 0.6 is 11.8 Å². The Bertz CT molecular complexity index is 597. The van der Waals surface area contributed by atoms with E-state index in [-0.39, 0.29) is 5.88 Å². The number of ether oxygens (including phenoxy) is 1. The van der Waals surface area contributed by atoms with E-state index in [1.54, 1.807) is 0 Å². The molecule has 0 amide bonds. The number of alkyl halides is 2. The number of thioether (sulfide) groups is 1. The average molecular weight is 315 g/mol. The molecule has 0 atom stereocenters. The molecule has 2 aromatic heterocycles. The zero-order valence-electron chi connectivity index (χ0n) is 11.6. The first-order chi connectivity index (χ1) is 9.90. The normalized spacial score (nSPS) is 11.6. The third-order valence-electron chi connectivity index (χ3n) is 2.40. The second-order valence-corrected chi connectivity index (χ2v) is 5.60. The Balaban J connectivity index is 2.17. The van der Waals surface area contributed by atoms with Gasteiger partial charge in [-0.05, 0) is 5.75 Å². The van der Waals surface area contributed by atoms with Gasteiger partial charge in [-0.3, -0.25) is 5.10 Å². The van der Waals surface area contributed by atoms with E-state index in [0.717, 1.165) is 17.7 Å². The van der Waals surface area contributed by atoms with Gasteiger partial charge in [-0.2, -0.15) is 5.10 Å². The fourth-order valence-electron chi connectivity index (χ4n) is 1.55. The largest absolute Gasteiger partial charge is 0.470 e. The Hall–Kier alpha value is -1.90. The highest BCUT2D eigenvalue weighted by Gasteiger charge is 2.22. The number of hydrogen-bond donors (Lipinski definition) is 2. The van der Waals surface area contributed by atoms with Gasteiger partial charge in [0.25, 0.3) is 5.92 Å². The lowest BCUT2D eigenvalue weighted by molar-refractivity contribution is -0.0243. The predicted molar refractivity (Wildman–Crippen MR) is 76.5 cm³/mol. The maximum Gasteiger partial charge on any atom is 0.278 e. The Morgan fingerprint density at radius 2 is 2.14 bits per heavy atom. The standard InChI is InChI=1S/C12H15F2N5OS/c1-3-21-11-9(10(15)18-19-11)7-4-17-8(5-16-7)20-6-12(2,13)14/h4-5H,3,6H2,1-2H3,(H3,15,18,19). The van der Waals surface area contributed by atoms with Crippen LogP contribution in [0.5, 0.6) is 5.88 Å². The van der Waals surface area contributed by atoms with Crippen molar-refractivity contribution in [2.75, 3.05) is 18.1 Å². The Morgan fingerprint density at radius 1 is 1.38 bits per heavy atom. The summed E-state index contributed by atoms with van der Waals surface area (Å²) in [6, 6.07) is 0. The number of hydrogen-bond acceptors (Lipinski definition) is 6. The van der Waals surface area contributed by atoms with E-state index in [2.05, 4.69) is 20.2 Å². The van der Waals surface area contributed by atoms with Gasteiger partial charge in [0.2, 0.25) is 5.88 Å². The fourth-order valence-corrected chi connectivity index (χ4v) is 2.29. The highest BCUT2D eigenvalue weighted by molar-refractivity contribution is 7.99. The summed E-state index contributed by atoms with van der Waals surface area (Å²) >= 11 is 1.51. The molecule has 0 aliphatic carbocycles. The molecule has 114 valence electrons. The van der Waals surface area contributed by atoms with Crippen molar-refractivity contribution in [3.8, 4) is 17.1 Å². The SMILES string of the molecule is CCSc1n[nH]c(N)c1-c1cnc(OCC(C)(F)F)cn1. The van der Waals surface area contributed by atoms with Gasteiger partial charge in [-0.1, -0.05) is 6.92 Å². The molecule has 0 saturated carbocycles. The quantitative estimate of drug-likeness (QED) is 0.796. The van der Waals surface area contributed by atoms with Crippen molar-refractivity contribution in [3.63, 3.8) is 0 Å². The number of H-pyrrole nitrogens is 1. The molecule has 0 aliphatic heterocycles. The minimum atomic E-state index is -2.92. The van der Waals surface area contributed by atoms with Gasteiger partial charge in [0, 0.05) is 6.92 Å². The molecule has 21 heavy (non-hydrogen) atoms. The van der Waals surface area contributed by atoms with E-state index >= 15 is 0 Å². The van der Waals surface area contributed by atoms with Crippen LogP contribution in [0.25, 0.3) is 11.3 Å². The highest BCUT2D eigenvalue weighted by Crippen LogP contribution is 2.32. The Morgan fingerprint density at radius 3 is 2.71 bits per heavy atom. The lowest BCUT2D eigenvalue weighted by atomic mass is 10.2. The molecule has 2 aromatic rings. The summed E-state index contributed by atoms with van der Waals surface area (Å²) in [4.78, 5) is 8.10. The van der Waals surface area contributed by atoms with Crippen molar-refractivity contribution in [2.45, 2.75) is 24.8 Å². The molecule has 0 aliphatic rings. The Labute approximate surface area is 124 Å². The third kappa shape index (κ3) is 4.03. The molecule has 2 heterocycles. The minimum absolute atomic E-state index is 0.0343. The summed E-state index contributed by atoms with van der Waals surface area (Å²) in [5, 5.41) is 7.50. The number of nitrogens with one attached hydrogen (secondary N) is 1. The first kappa shape index (κ1) is 15.5. The zero-order valence-corrected chi connectivity index (χ0v) is 12.4. The molecule has 0 unspecified atom stereocenters. The van der Waals surface area contributed by atoms with Crippen LogP contribution in [0.15, 0.2) is 17.4 Å². The topological polar surface area (TPSA) is 89.7 Å². The van der Waals surface area contributed by atoms with Crippen molar-refractivity contribution in [1.82, 2.24) is 20.2 Å². The van der Waals surface area contributed by atoms with E-state index in [0.29, 0.717) is 17.1 Å². The first-order valence-electron chi connectivity index (χ1n) is 6.20. The van der Waals surface area contributed by atoms with E-state index in [1.807, 2.05) is 6.92 Å². The van der Waals surface area contributed by atoms with Gasteiger partial charge < -0.3 is 10.5 Å². The number of aromatic nitrogens is 4. The molecular weight excluding hydrogens is 300 g/mol. The molecule has 6 nitrogen and oxygen atoms in total. The average Bonchev–Trinajstić information content (AvgIpc) is 2.78. The van der Waals surface area contributed by atoms with Gasteiger partial charge in [-0.15, -0.1) is 11.8 Å². The van der Waals surface area contributed by atoms with Crippen LogP contribution in [0.4, 0.5) is 14.6 Å². The second-order valence-electron chi connectivity index (χ2n) is 4.35. The number of aromatic amines is 1. The number of nitrogens with zero attached hydrogens (tertiary/aromatic N) is 3. The molecule has 9 heteroatoms. The molecule has 0 saturated heterocycles. The van der Waals surface area contributed by atoms with E-state index < -0.39 is 12.5 Å². The van der Waals surface area contributed by atoms with Gasteiger partial charge in [-0.25, -0.2) is 18.7 Å². The fraction of sp³-hybridized carbons (Fsp3) is 0.417. The smallest absolute Gasteiger partial charge is 0.278 e. The first-order valence-corrected chi connectivity index (χ1v) is 7.19. The van der Waals surface area contributed by atoms with Crippen LogP contribution in [0.3, 0.4) is 0 Å². The molecule has 0 radical (unpaired) electrons. The van der Waals surface area contributed by atoms with E-state index in [1.165, 1.54) is 24.2 Å². The highest BCUT2D eigenvalue weighted by atomic mass is 32.2. The van der Waals surface area contributed by atoms with Crippen molar-refractivity contribution in [1.29, 1.82) is 0 Å². The number of rotatable bonds is 6. The van der Waals surface area contributed by atoms with Crippen LogP contribution in [0.1, 0.15) is 13.8 Å². The molecule has 2 rings (SSSR count). The summed E-state index contributed by atoms with van der Waals surface area (Å²) in [6.45, 7) is 2.02. The van der Waals surface area contributed by atoms with Crippen LogP contribution in [0.2, 0.25) is 0 Å². The van der Waals surface area contributed by atoms with Gasteiger partial charge >= 0.3 is 0 Å². The summed E-state index contributed by atoms with van der Waals surface area (Å²) < 4.78 is 30.3. The van der Waals surface area contributed by atoms with Gasteiger partial charge in [0.15, 0.2) is 6.61 Å². The van der Waals surface area contributed by atoms with Crippen LogP contribution in [-0.4, -0.2) is 38.4 Å². The van der Waals surface area contributed by atoms with Crippen molar-refractivity contribution in [2.24, 2.45) is 0 Å². The van der Waals surface area contributed by atoms with Gasteiger partial charge in [0.1, 0.15) is 10.8 Å². The summed E-state index contributed by atoms with van der Waals surface area (Å²) in [5.41, 5.74) is 6.99. The lowest BCUT2D eigenvalue weighted by Crippen LogP contribution is -2.21. The molecule has 0 fully saturated rings. The molecule has 0 bridgehead atoms. The second kappa shape index (κ2) is 6.25. The summed E-state index contributed by atoms with van der Waals surface area (Å²) in [6.07, 6.45) is 2.71. The van der Waals surface area contributed by atoms with Gasteiger partial charge in [0.05, 0.1) is 23.7 Å². The summed E-state index contributed by atoms with van der Waals surface area (Å²) in [5.74, 6) is -1.67. The number of nitrogens with two attached hydrogens (primary N) is 1. The van der Waals surface area contributed by atoms with Crippen LogP contribution < -0.4 is 10.5 Å². The number of halogens is 2. The van der Waals surface area contributed by atoms with Crippen molar-refractivity contribution in [3.05, 3.63) is 12.4 Å². The lowest BCUT2D eigenvalue weighted by Gasteiger charge is -2.11. The third-order valence-corrected chi connectivity index (χ3v) is 3.26. The van der Waals surface area contributed by atoms with Crippen LogP contribution in [0, 0.1) is 0 Å². The minimum Gasteiger partial charge on any atom is -0.470 e. The Kier molecular flexibility index (Phi) is 4.61. The maximum atomic E-state index is 12.7. The van der Waals surface area contributed by atoms with E-state index in [4.69, 9.17) is 10.5 Å². The molecular formula is C12H15F2N5OS. The monoisotopic (exact) mass is 315 g/mol. The number of anilines is 1. The van der Waals surface area contributed by atoms with Crippen molar-refractivity contribution >= 4 is 17.6 Å². The maximum absolute atomic E-state index is 12.7. The predicted octanol–water partition coefficient (Wildman–Crippen LogP) is 2.59. The van der Waals surface area contributed by atoms with Crippen LogP contribution in [-0.2, 0) is 0 Å². The van der Waals surface area contributed by atoms with Crippen molar-refractivity contribution < 1.29 is 13.5 Å². The molecule has 0 aromatic carbocycles. The zero-order chi connectivity index (χ0) is 15.5. The number of nitrogen functional groups attached to an aromatic ring is 1. The molecule has 0 spiro atoms. The van der Waals surface area contributed by atoms with E-state index in [9.17, 15) is 8.78 Å².